The van der Waals surface area contributed by atoms with Crippen LogP contribution in [0, 0.1) is 23.2 Å². The van der Waals surface area contributed by atoms with Crippen LogP contribution < -0.4 is 10.6 Å². The van der Waals surface area contributed by atoms with Gasteiger partial charge in [0.2, 0.25) is 0 Å². The molecule has 6 nitrogen and oxygen atoms in total. The first kappa shape index (κ1) is 15.9. The van der Waals surface area contributed by atoms with E-state index >= 15 is 0 Å². The average Bonchev–Trinajstić information content (AvgIpc) is 2.94. The van der Waals surface area contributed by atoms with Gasteiger partial charge >= 0.3 is 0 Å². The summed E-state index contributed by atoms with van der Waals surface area (Å²) in [6.07, 6.45) is 10.4. The van der Waals surface area contributed by atoms with Crippen LogP contribution >= 0.6 is 0 Å². The second kappa shape index (κ2) is 6.37. The Balaban J connectivity index is 1.39. The predicted octanol–water partition coefficient (Wildman–Crippen LogP) is 2.09. The molecular formula is C18H30N6. The van der Waals surface area contributed by atoms with E-state index in [0.717, 1.165) is 42.6 Å². The minimum absolute atomic E-state index is 0.524. The Morgan fingerprint density at radius 3 is 2.42 bits per heavy atom. The van der Waals surface area contributed by atoms with Crippen LogP contribution in [0.5, 0.6) is 0 Å². The Bertz CT molecular complexity index is 569. The normalized spacial score (nSPS) is 34.6. The van der Waals surface area contributed by atoms with Gasteiger partial charge in [0.05, 0.1) is 0 Å². The molecule has 0 saturated heterocycles. The summed E-state index contributed by atoms with van der Waals surface area (Å²) in [7, 11) is 1.91. The molecule has 6 heteroatoms. The van der Waals surface area contributed by atoms with Gasteiger partial charge in [-0.25, -0.2) is 9.98 Å². The van der Waals surface area contributed by atoms with Crippen LogP contribution in [0.2, 0.25) is 0 Å². The zero-order chi connectivity index (χ0) is 16.6. The highest BCUT2D eigenvalue weighted by molar-refractivity contribution is 5.79. The van der Waals surface area contributed by atoms with Crippen molar-refractivity contribution in [3.05, 3.63) is 12.2 Å². The first-order valence-electron chi connectivity index (χ1n) is 9.51. The van der Waals surface area contributed by atoms with Gasteiger partial charge in [-0.1, -0.05) is 0 Å². The number of hydrogen-bond donors (Lipinski definition) is 2. The molecule has 5 rings (SSSR count). The third kappa shape index (κ3) is 3.15. The lowest BCUT2D eigenvalue weighted by molar-refractivity contribution is -0.0492. The Morgan fingerprint density at radius 2 is 1.88 bits per heavy atom. The number of hydrogen-bond acceptors (Lipinski definition) is 3. The van der Waals surface area contributed by atoms with Crippen LogP contribution in [0.3, 0.4) is 0 Å². The molecule has 4 aliphatic rings. The van der Waals surface area contributed by atoms with E-state index in [1.807, 2.05) is 7.05 Å². The van der Waals surface area contributed by atoms with Crippen LogP contribution in [0.25, 0.3) is 0 Å². The summed E-state index contributed by atoms with van der Waals surface area (Å²) in [6, 6.07) is 0. The Labute approximate surface area is 144 Å². The van der Waals surface area contributed by atoms with Gasteiger partial charge in [-0.05, 0) is 68.6 Å². The molecule has 0 aromatic carbocycles. The van der Waals surface area contributed by atoms with Gasteiger partial charge in [0.15, 0.2) is 5.96 Å². The van der Waals surface area contributed by atoms with Gasteiger partial charge in [0.1, 0.15) is 18.7 Å². The maximum Gasteiger partial charge on any atom is 0.191 e. The molecule has 0 spiro atoms. The third-order valence-electron chi connectivity index (χ3n) is 6.32. The van der Waals surface area contributed by atoms with Crippen molar-refractivity contribution < 1.29 is 0 Å². The lowest BCUT2D eigenvalue weighted by Crippen LogP contribution is -2.52. The van der Waals surface area contributed by atoms with Gasteiger partial charge in [-0.3, -0.25) is 4.68 Å². The van der Waals surface area contributed by atoms with Crippen molar-refractivity contribution in [1.29, 1.82) is 0 Å². The molecule has 1 aromatic heterocycles. The second-order valence-electron chi connectivity index (χ2n) is 8.27. The van der Waals surface area contributed by atoms with E-state index < -0.39 is 0 Å². The van der Waals surface area contributed by atoms with E-state index in [2.05, 4.69) is 27.6 Å². The molecule has 0 unspecified atom stereocenters. The van der Waals surface area contributed by atoms with Gasteiger partial charge in [0, 0.05) is 20.1 Å². The largest absolute Gasteiger partial charge is 0.357 e. The molecule has 1 aromatic rings. The van der Waals surface area contributed by atoms with Crippen molar-refractivity contribution in [3.8, 4) is 0 Å². The summed E-state index contributed by atoms with van der Waals surface area (Å²) in [6.45, 7) is 4.63. The molecule has 4 aliphatic carbocycles. The van der Waals surface area contributed by atoms with Crippen LogP contribution in [0.1, 0.15) is 51.3 Å². The summed E-state index contributed by atoms with van der Waals surface area (Å²) in [5.41, 5.74) is 0.524. The number of aromatic nitrogens is 3. The third-order valence-corrected chi connectivity index (χ3v) is 6.32. The highest BCUT2D eigenvalue weighted by Crippen LogP contribution is 2.59. The van der Waals surface area contributed by atoms with Gasteiger partial charge in [0.25, 0.3) is 0 Å². The summed E-state index contributed by atoms with van der Waals surface area (Å²) < 4.78 is 1.78. The lowest BCUT2D eigenvalue weighted by Gasteiger charge is -2.57. The number of aliphatic imine (C=N–C) groups is 1. The molecule has 132 valence electrons. The van der Waals surface area contributed by atoms with E-state index in [1.54, 1.807) is 11.0 Å². The van der Waals surface area contributed by atoms with Crippen LogP contribution in [-0.4, -0.2) is 33.8 Å². The van der Waals surface area contributed by atoms with Crippen LogP contribution in [0.4, 0.5) is 0 Å². The van der Waals surface area contributed by atoms with Crippen molar-refractivity contribution in [2.45, 2.75) is 52.0 Å². The summed E-state index contributed by atoms with van der Waals surface area (Å²) in [5, 5.41) is 11.1. The molecule has 1 heterocycles. The lowest BCUT2D eigenvalue weighted by atomic mass is 9.49. The van der Waals surface area contributed by atoms with Crippen molar-refractivity contribution >= 4 is 5.96 Å². The highest BCUT2D eigenvalue weighted by atomic mass is 15.3. The number of rotatable bonds is 5. The summed E-state index contributed by atoms with van der Waals surface area (Å²) in [4.78, 5) is 8.96. The molecule has 4 saturated carbocycles. The topological polar surface area (TPSA) is 67.1 Å². The van der Waals surface area contributed by atoms with Crippen molar-refractivity contribution in [3.63, 3.8) is 0 Å². The van der Waals surface area contributed by atoms with Crippen LogP contribution in [0.15, 0.2) is 11.3 Å². The number of nitrogens with one attached hydrogen (secondary N) is 2. The van der Waals surface area contributed by atoms with E-state index in [0.29, 0.717) is 12.0 Å². The Kier molecular flexibility index (Phi) is 4.22. The fraction of sp³-hybridized carbons (Fsp3) is 0.833. The van der Waals surface area contributed by atoms with Gasteiger partial charge in [-0.2, -0.15) is 5.10 Å². The van der Waals surface area contributed by atoms with E-state index in [9.17, 15) is 0 Å². The maximum atomic E-state index is 4.70. The Morgan fingerprint density at radius 1 is 1.21 bits per heavy atom. The zero-order valence-electron chi connectivity index (χ0n) is 15.0. The van der Waals surface area contributed by atoms with Crippen molar-refractivity contribution in [2.75, 3.05) is 13.1 Å². The second-order valence-corrected chi connectivity index (χ2v) is 8.27. The smallest absolute Gasteiger partial charge is 0.191 e. The van der Waals surface area contributed by atoms with Crippen LogP contribution in [-0.2, 0) is 13.6 Å². The molecule has 0 atom stereocenters. The molecule has 24 heavy (non-hydrogen) atoms. The van der Waals surface area contributed by atoms with E-state index in [-0.39, 0.29) is 0 Å². The minimum Gasteiger partial charge on any atom is -0.357 e. The average molecular weight is 330 g/mol. The quantitative estimate of drug-likeness (QED) is 0.641. The molecule has 4 fully saturated rings. The predicted molar refractivity (Wildman–Crippen MR) is 94.4 cm³/mol. The highest BCUT2D eigenvalue weighted by Gasteiger charge is 2.50. The first-order valence-corrected chi connectivity index (χ1v) is 9.51. The number of aryl methyl sites for hydroxylation is 1. The first-order chi connectivity index (χ1) is 11.7. The molecular weight excluding hydrogens is 300 g/mol. The fourth-order valence-corrected chi connectivity index (χ4v) is 5.73. The number of nitrogens with zero attached hydrogens (tertiary/aromatic N) is 4. The molecule has 2 N–H and O–H groups in total. The minimum atomic E-state index is 0.524. The summed E-state index contributed by atoms with van der Waals surface area (Å²) in [5.74, 6) is 4.79. The van der Waals surface area contributed by atoms with E-state index in [1.165, 1.54) is 38.5 Å². The summed E-state index contributed by atoms with van der Waals surface area (Å²) >= 11 is 0. The standard InChI is InChI=1S/C18H30N6/c1-3-19-17(20-10-16-22-12-23-24(16)2)21-11-18-7-13-4-14(8-18)6-15(5-13)9-18/h12-15H,3-11H2,1-2H3,(H2,19,20,21). The van der Waals surface area contributed by atoms with Crippen molar-refractivity contribution in [2.24, 2.45) is 35.2 Å². The Hall–Kier alpha value is -1.59. The molecule has 0 amide bonds. The SMILES string of the molecule is CCNC(=NCc1ncnn1C)NCC12CC3CC(CC(C3)C1)C2. The molecule has 0 aliphatic heterocycles. The van der Waals surface area contributed by atoms with Gasteiger partial charge in [-0.15, -0.1) is 0 Å². The maximum absolute atomic E-state index is 4.70. The molecule has 0 radical (unpaired) electrons. The fourth-order valence-electron chi connectivity index (χ4n) is 5.73. The van der Waals surface area contributed by atoms with E-state index in [4.69, 9.17) is 4.99 Å². The zero-order valence-corrected chi connectivity index (χ0v) is 15.0. The number of guanidine groups is 1. The van der Waals surface area contributed by atoms with Crippen molar-refractivity contribution in [1.82, 2.24) is 25.4 Å². The van der Waals surface area contributed by atoms with Gasteiger partial charge < -0.3 is 10.6 Å². The monoisotopic (exact) mass is 330 g/mol. The molecule has 4 bridgehead atoms.